The highest BCUT2D eigenvalue weighted by Crippen LogP contribution is 2.29. The highest BCUT2D eigenvalue weighted by atomic mass is 16.4. The summed E-state index contributed by atoms with van der Waals surface area (Å²) in [6.45, 7) is 28.1. The summed E-state index contributed by atoms with van der Waals surface area (Å²) in [5.41, 5.74) is 18.1. The Morgan fingerprint density at radius 3 is 1.37 bits per heavy atom. The number of nitrogen functional groups attached to an aromatic ring is 1. The number of aryl methyl sites for hydroxylation is 1. The van der Waals surface area contributed by atoms with Crippen molar-refractivity contribution in [1.82, 2.24) is 19.9 Å². The van der Waals surface area contributed by atoms with Gasteiger partial charge in [0.15, 0.2) is 41.0 Å². The Morgan fingerprint density at radius 2 is 0.833 bits per heavy atom. The van der Waals surface area contributed by atoms with Crippen LogP contribution in [0.1, 0.15) is 111 Å². The summed E-state index contributed by atoms with van der Waals surface area (Å²) in [7, 11) is 0. The van der Waals surface area contributed by atoms with Gasteiger partial charge in [-0.2, -0.15) is 4.98 Å². The number of nitrogens with zero attached hydrogens (tertiary/aromatic N) is 4. The molecule has 9 heteroatoms. The van der Waals surface area contributed by atoms with Crippen LogP contribution in [0.2, 0.25) is 0 Å². The van der Waals surface area contributed by atoms with E-state index in [1.165, 1.54) is 35.0 Å². The fourth-order valence-corrected chi connectivity index (χ4v) is 5.56. The minimum atomic E-state index is 0.121. The first-order valence-electron chi connectivity index (χ1n) is 18.3. The van der Waals surface area contributed by atoms with Crippen LogP contribution in [-0.2, 0) is 21.7 Å². The molecule has 0 spiro atoms. The van der Waals surface area contributed by atoms with Gasteiger partial charge in [-0.1, -0.05) is 107 Å². The predicted molar refractivity (Wildman–Crippen MR) is 220 cm³/mol. The number of nitrogens with two attached hydrogens (primary N) is 1. The zero-order valence-electron chi connectivity index (χ0n) is 34.1. The molecule has 0 aliphatic carbocycles. The Morgan fingerprint density at radius 1 is 0.426 bits per heavy atom. The normalized spacial score (nSPS) is 12.2. The molecule has 0 amide bonds. The van der Waals surface area contributed by atoms with Gasteiger partial charge in [-0.25, -0.2) is 15.0 Å². The highest BCUT2D eigenvalue weighted by Gasteiger charge is 2.17. The summed E-state index contributed by atoms with van der Waals surface area (Å²) in [5.74, 6) is 0.728. The van der Waals surface area contributed by atoms with E-state index in [1.54, 1.807) is 0 Å². The second kappa shape index (κ2) is 15.1. The SMILES string of the molecule is CC(C)(C)c1ccc2nc(N)oc2c1.CC(C)(C)c1ccc2ncoc2c1.CC(C)(C)c1ccc2ocnc2c1.Cc1nc2ccc(C(C)(C)C)cc2o1. The Balaban J connectivity index is 0.000000139. The van der Waals surface area contributed by atoms with Gasteiger partial charge in [0.25, 0.3) is 6.01 Å². The molecule has 54 heavy (non-hydrogen) atoms. The third kappa shape index (κ3) is 9.95. The number of hydrogen-bond acceptors (Lipinski definition) is 9. The molecular formula is C45H55N5O4. The van der Waals surface area contributed by atoms with Crippen molar-refractivity contribution >= 4 is 50.4 Å². The molecule has 0 aliphatic heterocycles. The van der Waals surface area contributed by atoms with E-state index in [2.05, 4.69) is 145 Å². The van der Waals surface area contributed by atoms with Crippen molar-refractivity contribution in [2.45, 2.75) is 112 Å². The lowest BCUT2D eigenvalue weighted by Gasteiger charge is -2.18. The Bertz CT molecular complexity index is 2300. The summed E-state index contributed by atoms with van der Waals surface area (Å²) in [6.07, 6.45) is 2.97. The number of benzene rings is 4. The lowest BCUT2D eigenvalue weighted by Crippen LogP contribution is -2.10. The van der Waals surface area contributed by atoms with Gasteiger partial charge in [0.1, 0.15) is 22.1 Å². The van der Waals surface area contributed by atoms with E-state index in [4.69, 9.17) is 23.4 Å². The van der Waals surface area contributed by atoms with Gasteiger partial charge >= 0.3 is 0 Å². The molecule has 0 saturated carbocycles. The molecule has 0 unspecified atom stereocenters. The molecule has 4 aromatic heterocycles. The van der Waals surface area contributed by atoms with Crippen molar-refractivity contribution in [2.75, 3.05) is 5.73 Å². The number of rotatable bonds is 0. The van der Waals surface area contributed by atoms with Crippen LogP contribution in [0, 0.1) is 6.92 Å². The average Bonchev–Trinajstić information content (AvgIpc) is 3.87. The Kier molecular flexibility index (Phi) is 11.1. The minimum Gasteiger partial charge on any atom is -0.443 e. The lowest BCUT2D eigenvalue weighted by molar-refractivity contribution is 0.555. The van der Waals surface area contributed by atoms with Crippen LogP contribution >= 0.6 is 0 Å². The quantitative estimate of drug-likeness (QED) is 0.162. The molecule has 0 saturated heterocycles. The van der Waals surface area contributed by atoms with E-state index in [0.29, 0.717) is 0 Å². The maximum absolute atomic E-state index is 5.49. The third-order valence-corrected chi connectivity index (χ3v) is 9.03. The van der Waals surface area contributed by atoms with Crippen molar-refractivity contribution < 1.29 is 17.7 Å². The van der Waals surface area contributed by atoms with Crippen molar-refractivity contribution in [3.63, 3.8) is 0 Å². The topological polar surface area (TPSA) is 130 Å². The van der Waals surface area contributed by atoms with Gasteiger partial charge in [0.05, 0.1) is 0 Å². The van der Waals surface area contributed by atoms with Gasteiger partial charge in [0.2, 0.25) is 0 Å². The first-order chi connectivity index (χ1) is 25.1. The van der Waals surface area contributed by atoms with Crippen LogP contribution in [-0.4, -0.2) is 19.9 Å². The van der Waals surface area contributed by atoms with Gasteiger partial charge < -0.3 is 23.4 Å². The maximum atomic E-state index is 5.49. The van der Waals surface area contributed by atoms with E-state index in [9.17, 15) is 0 Å². The van der Waals surface area contributed by atoms with Crippen molar-refractivity contribution in [3.8, 4) is 0 Å². The average molecular weight is 730 g/mol. The number of aromatic nitrogens is 4. The van der Waals surface area contributed by atoms with E-state index in [0.717, 1.165) is 50.3 Å². The summed E-state index contributed by atoms with van der Waals surface area (Å²) in [5, 5.41) is 0. The molecule has 0 atom stereocenters. The van der Waals surface area contributed by atoms with Crippen LogP contribution in [0.25, 0.3) is 44.4 Å². The minimum absolute atomic E-state index is 0.121. The molecule has 8 rings (SSSR count). The van der Waals surface area contributed by atoms with E-state index in [1.807, 2.05) is 37.3 Å². The van der Waals surface area contributed by atoms with E-state index < -0.39 is 0 Å². The monoisotopic (exact) mass is 729 g/mol. The first-order valence-corrected chi connectivity index (χ1v) is 18.3. The molecule has 4 aromatic carbocycles. The van der Waals surface area contributed by atoms with Crippen LogP contribution in [0.4, 0.5) is 6.01 Å². The van der Waals surface area contributed by atoms with Crippen LogP contribution in [0.5, 0.6) is 0 Å². The highest BCUT2D eigenvalue weighted by molar-refractivity contribution is 5.76. The summed E-state index contributed by atoms with van der Waals surface area (Å²) < 4.78 is 21.2. The van der Waals surface area contributed by atoms with Crippen LogP contribution in [0.3, 0.4) is 0 Å². The number of oxazole rings is 4. The predicted octanol–water partition coefficient (Wildman–Crippen LogP) is 12.4. The van der Waals surface area contributed by atoms with E-state index >= 15 is 0 Å². The molecule has 284 valence electrons. The Hall–Kier alpha value is -5.44. The van der Waals surface area contributed by atoms with E-state index in [-0.39, 0.29) is 27.7 Å². The number of fused-ring (bicyclic) bond motifs is 4. The smallest absolute Gasteiger partial charge is 0.292 e. The molecule has 0 bridgehead atoms. The van der Waals surface area contributed by atoms with Gasteiger partial charge in [-0.15, -0.1) is 0 Å². The zero-order valence-corrected chi connectivity index (χ0v) is 34.1. The first kappa shape index (κ1) is 39.8. The largest absolute Gasteiger partial charge is 0.443 e. The second-order valence-electron chi connectivity index (χ2n) is 17.7. The molecule has 2 N–H and O–H groups in total. The molecule has 9 nitrogen and oxygen atoms in total. The molecule has 8 aromatic rings. The lowest BCUT2D eigenvalue weighted by atomic mass is 9.87. The van der Waals surface area contributed by atoms with Crippen molar-refractivity contribution in [2.24, 2.45) is 0 Å². The molecular weight excluding hydrogens is 675 g/mol. The second-order valence-corrected chi connectivity index (χ2v) is 17.7. The van der Waals surface area contributed by atoms with Crippen molar-refractivity contribution in [3.05, 3.63) is 114 Å². The van der Waals surface area contributed by atoms with Gasteiger partial charge in [0, 0.05) is 6.92 Å². The Labute approximate surface area is 318 Å². The van der Waals surface area contributed by atoms with Crippen LogP contribution in [0.15, 0.2) is 103 Å². The van der Waals surface area contributed by atoms with Gasteiger partial charge in [-0.3, -0.25) is 0 Å². The molecule has 0 aliphatic rings. The third-order valence-electron chi connectivity index (χ3n) is 9.03. The van der Waals surface area contributed by atoms with Crippen molar-refractivity contribution in [1.29, 1.82) is 0 Å². The fraction of sp³-hybridized carbons (Fsp3) is 0.378. The number of anilines is 1. The molecule has 4 heterocycles. The summed E-state index contributed by atoms with van der Waals surface area (Å²) >= 11 is 0. The van der Waals surface area contributed by atoms with Crippen LogP contribution < -0.4 is 5.73 Å². The standard InChI is InChI=1S/C12H15NO.C11H14N2O.2C11H13NO/c1-8-13-10-6-5-9(12(2,3)4)7-11(10)14-8;1-11(2,3)7-4-5-8-9(6-7)14-10(12)13-8;1-11(2,3)8-4-5-10-9(6-8)12-7-13-10;1-11(2,3)8-4-5-9-10(6-8)13-7-12-9/h5-7H,1-4H3;4-6H,1-3H3,(H2,12,13);2*4-7H,1-3H3. The molecule has 0 radical (unpaired) electrons. The zero-order chi connectivity index (χ0) is 39.6. The summed E-state index contributed by atoms with van der Waals surface area (Å²) in [4.78, 5) is 16.5. The summed E-state index contributed by atoms with van der Waals surface area (Å²) in [6, 6.07) is 24.7. The fourth-order valence-electron chi connectivity index (χ4n) is 5.56. The number of hydrogen-bond donors (Lipinski definition) is 1. The molecule has 0 fully saturated rings. The maximum Gasteiger partial charge on any atom is 0.292 e. The van der Waals surface area contributed by atoms with Gasteiger partial charge in [-0.05, 0) is 92.4 Å².